The van der Waals surface area contributed by atoms with Gasteiger partial charge < -0.3 is 0 Å². The minimum Gasteiger partial charge on any atom is -0.269 e. The van der Waals surface area contributed by atoms with Gasteiger partial charge in [-0.2, -0.15) is 0 Å². The number of carbonyl (C=O) groups is 1. The maximum Gasteiger partial charge on any atom is 0.370 e. The normalized spacial score (nSPS) is 20.2. The van der Waals surface area contributed by atoms with Crippen LogP contribution in [0.2, 0.25) is 0 Å². The predicted molar refractivity (Wildman–Crippen MR) is 80.8 cm³/mol. The lowest BCUT2D eigenvalue weighted by atomic mass is 10.1. The molecule has 9 heteroatoms. The number of rotatable bonds is 4. The molecule has 21 heavy (non-hydrogen) atoms. The highest BCUT2D eigenvalue weighted by Gasteiger charge is 2.49. The first kappa shape index (κ1) is 16.6. The van der Waals surface area contributed by atoms with Crippen LogP contribution in [0.5, 0.6) is 0 Å². The number of amides is 2. The molecule has 4 nitrogen and oxygen atoms in total. The number of carbonyl (C=O) groups excluding carboxylic acids is 1. The molecule has 1 aromatic carbocycles. The Bertz CT molecular complexity index is 535. The van der Waals surface area contributed by atoms with Gasteiger partial charge in [-0.15, -0.1) is 4.41 Å². The third-order valence-electron chi connectivity index (χ3n) is 2.92. The maximum atomic E-state index is 14.1. The monoisotopic (exact) mass is 355 g/mol. The van der Waals surface area contributed by atoms with E-state index in [1.54, 1.807) is 19.9 Å². The number of benzene rings is 1. The molecule has 1 aliphatic heterocycles. The third kappa shape index (κ3) is 3.21. The molecule has 1 atom stereocenters. The van der Waals surface area contributed by atoms with Crippen molar-refractivity contribution in [1.82, 2.24) is 9.65 Å². The molecule has 1 heterocycles. The van der Waals surface area contributed by atoms with Gasteiger partial charge in [0.25, 0.3) is 0 Å². The van der Waals surface area contributed by atoms with Crippen LogP contribution in [0.4, 0.5) is 19.4 Å². The van der Waals surface area contributed by atoms with E-state index >= 15 is 0 Å². The zero-order valence-corrected chi connectivity index (χ0v) is 13.5. The van der Waals surface area contributed by atoms with Gasteiger partial charge in [-0.05, 0) is 30.0 Å². The Morgan fingerprint density at radius 2 is 1.90 bits per heavy atom. The molecule has 116 valence electrons. The van der Waals surface area contributed by atoms with E-state index in [0.717, 1.165) is 21.3 Å². The lowest BCUT2D eigenvalue weighted by molar-refractivity contribution is -0.0519. The molecule has 2 amide bonds. The molecule has 1 fully saturated rings. The van der Waals surface area contributed by atoms with Crippen LogP contribution in [0.25, 0.3) is 0 Å². The smallest absolute Gasteiger partial charge is 0.269 e. The second kappa shape index (κ2) is 6.56. The van der Waals surface area contributed by atoms with E-state index in [0.29, 0.717) is 0 Å². The highest BCUT2D eigenvalue weighted by Crippen LogP contribution is 2.40. The molecular weight excluding hydrogens is 343 g/mol. The van der Waals surface area contributed by atoms with Gasteiger partial charge in [-0.25, -0.2) is 9.18 Å². The molecule has 1 aliphatic rings. The van der Waals surface area contributed by atoms with E-state index < -0.39 is 22.2 Å². The van der Waals surface area contributed by atoms with Crippen molar-refractivity contribution in [2.24, 2.45) is 5.92 Å². The summed E-state index contributed by atoms with van der Waals surface area (Å²) in [4.78, 5) is 13.2. The Hall–Kier alpha value is -0.760. The summed E-state index contributed by atoms with van der Waals surface area (Å²) in [7, 11) is 0. The molecule has 0 radical (unpaired) electrons. The van der Waals surface area contributed by atoms with Crippen LogP contribution in [-0.4, -0.2) is 26.0 Å². The zero-order chi connectivity index (χ0) is 15.7. The number of urea groups is 1. The van der Waals surface area contributed by atoms with E-state index in [9.17, 15) is 13.7 Å². The molecular formula is C12H13Cl2F2N3OS. The molecule has 0 bridgehead atoms. The summed E-state index contributed by atoms with van der Waals surface area (Å²) in [5.74, 6) is -0.793. The maximum absolute atomic E-state index is 14.1. The van der Waals surface area contributed by atoms with Gasteiger partial charge in [0.15, 0.2) is 4.17 Å². The van der Waals surface area contributed by atoms with Gasteiger partial charge >= 0.3 is 6.03 Å². The molecule has 0 N–H and O–H groups in total. The lowest BCUT2D eigenvalue weighted by Gasteiger charge is -2.30. The van der Waals surface area contributed by atoms with Crippen LogP contribution < -0.4 is 4.90 Å². The molecule has 0 saturated carbocycles. The first-order valence-corrected chi connectivity index (χ1v) is 7.83. The van der Waals surface area contributed by atoms with E-state index in [4.69, 9.17) is 23.2 Å². The standard InChI is InChI=1S/C12H13Cl2F2N3OS/c1-7(2)10-17(9-6-4-3-5-8(9)15)12(20)18(16)19(10)21-11(13)14/h3-7,10-11H,1-2H3. The van der Waals surface area contributed by atoms with Crippen molar-refractivity contribution >= 4 is 46.9 Å². The molecule has 1 saturated heterocycles. The van der Waals surface area contributed by atoms with Crippen molar-refractivity contribution in [2.45, 2.75) is 24.2 Å². The summed E-state index contributed by atoms with van der Waals surface area (Å²) in [5.41, 5.74) is 0.00708. The van der Waals surface area contributed by atoms with Crippen molar-refractivity contribution < 1.29 is 13.7 Å². The Morgan fingerprint density at radius 1 is 1.29 bits per heavy atom. The second-order valence-electron chi connectivity index (χ2n) is 4.69. The van der Waals surface area contributed by atoms with E-state index in [-0.39, 0.29) is 16.8 Å². The number of nitrogens with zero attached hydrogens (tertiary/aromatic N) is 3. The summed E-state index contributed by atoms with van der Waals surface area (Å²) >= 11 is 12.1. The number of hydrogen-bond acceptors (Lipinski definition) is 3. The van der Waals surface area contributed by atoms with Crippen LogP contribution >= 0.6 is 35.1 Å². The fraction of sp³-hybridized carbons (Fsp3) is 0.417. The summed E-state index contributed by atoms with van der Waals surface area (Å²) in [5, 5.41) is -0.0977. The first-order valence-electron chi connectivity index (χ1n) is 6.12. The molecule has 0 aliphatic carbocycles. The summed E-state index contributed by atoms with van der Waals surface area (Å²) < 4.78 is 28.1. The quantitative estimate of drug-likeness (QED) is 0.450. The fourth-order valence-corrected chi connectivity index (χ4v) is 3.39. The number of hydrazine groups is 1. The topological polar surface area (TPSA) is 26.8 Å². The summed E-state index contributed by atoms with van der Waals surface area (Å²) in [6.07, 6.45) is -0.746. The Balaban J connectivity index is 2.44. The van der Waals surface area contributed by atoms with Gasteiger partial charge in [-0.3, -0.25) is 4.90 Å². The van der Waals surface area contributed by atoms with Crippen LogP contribution in [0.15, 0.2) is 24.3 Å². The Morgan fingerprint density at radius 3 is 2.43 bits per heavy atom. The zero-order valence-electron chi connectivity index (χ0n) is 11.2. The van der Waals surface area contributed by atoms with Crippen molar-refractivity contribution in [3.05, 3.63) is 30.1 Å². The van der Waals surface area contributed by atoms with E-state index in [1.807, 2.05) is 0 Å². The lowest BCUT2D eigenvalue weighted by Crippen LogP contribution is -2.42. The number of para-hydroxylation sites is 1. The minimum atomic E-state index is -0.986. The van der Waals surface area contributed by atoms with Crippen LogP contribution in [0.1, 0.15) is 13.8 Å². The predicted octanol–water partition coefficient (Wildman–Crippen LogP) is 4.56. The average molecular weight is 356 g/mol. The first-order chi connectivity index (χ1) is 9.84. The van der Waals surface area contributed by atoms with Gasteiger partial charge in [-0.1, -0.05) is 58.9 Å². The fourth-order valence-electron chi connectivity index (χ4n) is 2.12. The number of halogens is 4. The van der Waals surface area contributed by atoms with Crippen molar-refractivity contribution in [1.29, 1.82) is 0 Å². The van der Waals surface area contributed by atoms with Crippen LogP contribution in [0.3, 0.4) is 0 Å². The number of anilines is 1. The van der Waals surface area contributed by atoms with Gasteiger partial charge in [0.05, 0.1) is 5.69 Å². The van der Waals surface area contributed by atoms with Crippen LogP contribution in [-0.2, 0) is 0 Å². The molecule has 0 spiro atoms. The number of alkyl halides is 2. The van der Waals surface area contributed by atoms with Crippen molar-refractivity contribution in [3.63, 3.8) is 0 Å². The number of hydrogen-bond donors (Lipinski definition) is 0. The molecule has 1 unspecified atom stereocenters. The third-order valence-corrected chi connectivity index (χ3v) is 4.14. The van der Waals surface area contributed by atoms with Crippen molar-refractivity contribution in [2.75, 3.05) is 4.90 Å². The van der Waals surface area contributed by atoms with Gasteiger partial charge in [0.2, 0.25) is 0 Å². The van der Waals surface area contributed by atoms with Gasteiger partial charge in [0.1, 0.15) is 12.0 Å². The van der Waals surface area contributed by atoms with Gasteiger partial charge in [0, 0.05) is 0 Å². The second-order valence-corrected chi connectivity index (χ2v) is 7.36. The SMILES string of the molecule is CC(C)C1N(c2ccccc2F)C(=O)N(F)N1SC(Cl)Cl. The molecule has 1 aromatic rings. The molecule has 0 aromatic heterocycles. The van der Waals surface area contributed by atoms with Crippen LogP contribution in [0, 0.1) is 11.7 Å². The summed E-state index contributed by atoms with van der Waals surface area (Å²) in [6.45, 7) is 3.58. The Kier molecular flexibility index (Phi) is 5.19. The average Bonchev–Trinajstić information content (AvgIpc) is 2.64. The highest BCUT2D eigenvalue weighted by molar-refractivity contribution is 8.00. The largest absolute Gasteiger partial charge is 0.370 e. The highest BCUT2D eigenvalue weighted by atomic mass is 35.5. The van der Waals surface area contributed by atoms with Crippen molar-refractivity contribution in [3.8, 4) is 0 Å². The van der Waals surface area contributed by atoms with E-state index in [2.05, 4.69) is 0 Å². The Labute approximate surface area is 135 Å². The molecule has 2 rings (SSSR count). The van der Waals surface area contributed by atoms with E-state index in [1.165, 1.54) is 18.2 Å². The minimum absolute atomic E-state index is 0.00708. The summed E-state index contributed by atoms with van der Waals surface area (Å²) in [6, 6.07) is 4.72.